The van der Waals surface area contributed by atoms with E-state index in [1.165, 1.54) is 23.0 Å². The molecule has 0 saturated carbocycles. The number of carbonyl (C=O) groups excluding carboxylic acids is 1. The summed E-state index contributed by atoms with van der Waals surface area (Å²) in [5.74, 6) is 0.700. The molecule has 0 N–H and O–H groups in total. The first-order valence-corrected chi connectivity index (χ1v) is 12.3. The normalized spacial score (nSPS) is 22.1. The number of methoxy groups -OCH3 is 1. The van der Waals surface area contributed by atoms with Crippen LogP contribution in [0.3, 0.4) is 0 Å². The highest BCUT2D eigenvalue weighted by Gasteiger charge is 2.34. The Balaban J connectivity index is 1.64. The average Bonchev–Trinajstić information content (AvgIpc) is 2.77. The third-order valence-electron chi connectivity index (χ3n) is 6.28. The molecule has 1 saturated heterocycles. The third-order valence-corrected chi connectivity index (χ3v) is 8.13. The fraction of sp³-hybridized carbons (Fsp3) is 0.458. The molecular weight excluding hydrogens is 412 g/mol. The molecule has 0 aliphatic carbocycles. The molecule has 2 atom stereocenters. The Labute approximate surface area is 184 Å². The van der Waals surface area contributed by atoms with Gasteiger partial charge in [-0.15, -0.1) is 0 Å². The number of amides is 1. The Bertz CT molecular complexity index is 1070. The second-order valence-electron chi connectivity index (χ2n) is 8.88. The van der Waals surface area contributed by atoms with E-state index in [1.54, 1.807) is 17.0 Å². The summed E-state index contributed by atoms with van der Waals surface area (Å²) in [7, 11) is -2.31. The number of hydrogen-bond donors (Lipinski definition) is 0. The number of nitrogens with zero attached hydrogens (tertiary/aromatic N) is 2. The summed E-state index contributed by atoms with van der Waals surface area (Å²) in [5, 5.41) is 0. The quantitative estimate of drug-likeness (QED) is 0.726. The van der Waals surface area contributed by atoms with E-state index >= 15 is 0 Å². The van der Waals surface area contributed by atoms with Crippen LogP contribution in [-0.2, 0) is 23.0 Å². The average molecular weight is 443 g/mol. The van der Waals surface area contributed by atoms with Crippen molar-refractivity contribution in [2.75, 3.05) is 26.7 Å². The lowest BCUT2D eigenvalue weighted by Crippen LogP contribution is -2.42. The molecule has 7 heteroatoms. The van der Waals surface area contributed by atoms with Gasteiger partial charge in [0.2, 0.25) is 10.0 Å². The van der Waals surface area contributed by atoms with Crippen LogP contribution >= 0.6 is 0 Å². The molecule has 0 unspecified atom stereocenters. The topological polar surface area (TPSA) is 66.9 Å². The zero-order chi connectivity index (χ0) is 22.2. The highest BCUT2D eigenvalue weighted by molar-refractivity contribution is 7.89. The Morgan fingerprint density at radius 2 is 1.71 bits per heavy atom. The van der Waals surface area contributed by atoms with Crippen LogP contribution in [0, 0.1) is 11.8 Å². The molecule has 31 heavy (non-hydrogen) atoms. The molecule has 2 aromatic rings. The molecule has 0 bridgehead atoms. The number of fused-ring (bicyclic) bond motifs is 1. The summed E-state index contributed by atoms with van der Waals surface area (Å²) < 4.78 is 33.9. The van der Waals surface area contributed by atoms with Gasteiger partial charge in [-0.25, -0.2) is 8.42 Å². The zero-order valence-corrected chi connectivity index (χ0v) is 19.2. The van der Waals surface area contributed by atoms with Gasteiger partial charge >= 0.3 is 0 Å². The van der Waals surface area contributed by atoms with Crippen molar-refractivity contribution in [2.24, 2.45) is 11.8 Å². The van der Waals surface area contributed by atoms with Crippen molar-refractivity contribution in [3.05, 3.63) is 59.2 Å². The van der Waals surface area contributed by atoms with Gasteiger partial charge in [0.05, 0.1) is 7.11 Å². The first-order chi connectivity index (χ1) is 14.8. The summed E-state index contributed by atoms with van der Waals surface area (Å²) in [6.07, 6.45) is 1.81. The molecule has 2 aliphatic rings. The van der Waals surface area contributed by atoms with Crippen LogP contribution in [0.5, 0.6) is 5.75 Å². The molecule has 1 amide bonds. The van der Waals surface area contributed by atoms with Crippen LogP contribution < -0.4 is 4.74 Å². The first-order valence-electron chi connectivity index (χ1n) is 10.8. The summed E-state index contributed by atoms with van der Waals surface area (Å²) in [6.45, 7) is 6.26. The second-order valence-corrected chi connectivity index (χ2v) is 10.8. The van der Waals surface area contributed by atoms with E-state index in [4.69, 9.17) is 4.74 Å². The molecule has 2 heterocycles. The van der Waals surface area contributed by atoms with E-state index in [9.17, 15) is 13.2 Å². The lowest BCUT2D eigenvalue weighted by Gasteiger charge is -2.34. The standard InChI is InChI=1S/C24H30N2O4S/c1-17-12-18(2)15-26(14-17)31(28,29)23-13-20(8-9-22(23)30-3)24(27)25-11-10-19-6-4-5-7-21(19)16-25/h4-9,13,17-18H,10-12,14-16H2,1-3H3/t17-,18-/m0/s1. The van der Waals surface area contributed by atoms with Gasteiger partial charge in [0.15, 0.2) is 0 Å². The van der Waals surface area contributed by atoms with Crippen LogP contribution in [0.25, 0.3) is 0 Å². The van der Waals surface area contributed by atoms with Crippen molar-refractivity contribution in [2.45, 2.75) is 38.1 Å². The highest BCUT2D eigenvalue weighted by Crippen LogP contribution is 2.32. The number of carbonyl (C=O) groups is 1. The predicted octanol–water partition coefficient (Wildman–Crippen LogP) is 3.56. The summed E-state index contributed by atoms with van der Waals surface area (Å²) in [4.78, 5) is 15.1. The van der Waals surface area contributed by atoms with E-state index in [0.717, 1.165) is 18.4 Å². The van der Waals surface area contributed by atoms with Gasteiger partial charge in [0.1, 0.15) is 10.6 Å². The van der Waals surface area contributed by atoms with E-state index in [-0.39, 0.29) is 16.6 Å². The number of sulfonamides is 1. The van der Waals surface area contributed by atoms with Crippen LogP contribution in [0.15, 0.2) is 47.4 Å². The van der Waals surface area contributed by atoms with E-state index in [1.807, 2.05) is 18.2 Å². The minimum atomic E-state index is -3.77. The Morgan fingerprint density at radius 3 is 2.39 bits per heavy atom. The molecule has 6 nitrogen and oxygen atoms in total. The van der Waals surface area contributed by atoms with Crippen molar-refractivity contribution in [1.29, 1.82) is 0 Å². The maximum absolute atomic E-state index is 13.5. The first kappa shape index (κ1) is 21.8. The van der Waals surface area contributed by atoms with Gasteiger partial charge in [-0.3, -0.25) is 4.79 Å². The molecule has 0 radical (unpaired) electrons. The molecule has 4 rings (SSSR count). The summed E-state index contributed by atoms with van der Waals surface area (Å²) in [5.41, 5.74) is 2.77. The van der Waals surface area contributed by atoms with E-state index in [2.05, 4.69) is 19.9 Å². The van der Waals surface area contributed by atoms with Gasteiger partial charge in [0, 0.05) is 31.7 Å². The Kier molecular flexibility index (Phi) is 6.08. The number of hydrogen-bond acceptors (Lipinski definition) is 4. The minimum absolute atomic E-state index is 0.0690. The second kappa shape index (κ2) is 8.63. The molecule has 0 spiro atoms. The molecule has 1 fully saturated rings. The van der Waals surface area contributed by atoms with Crippen LogP contribution in [0.1, 0.15) is 41.8 Å². The molecule has 2 aliphatic heterocycles. The molecule has 0 aromatic heterocycles. The van der Waals surface area contributed by atoms with E-state index < -0.39 is 10.0 Å². The summed E-state index contributed by atoms with van der Waals surface area (Å²) >= 11 is 0. The Morgan fingerprint density at radius 1 is 1.03 bits per heavy atom. The Hall–Kier alpha value is -2.38. The van der Waals surface area contributed by atoms with Crippen LogP contribution in [0.4, 0.5) is 0 Å². The van der Waals surface area contributed by atoms with Crippen molar-refractivity contribution in [3.63, 3.8) is 0 Å². The van der Waals surface area contributed by atoms with Gasteiger partial charge in [-0.1, -0.05) is 38.1 Å². The van der Waals surface area contributed by atoms with Crippen molar-refractivity contribution < 1.29 is 17.9 Å². The monoisotopic (exact) mass is 442 g/mol. The van der Waals surface area contributed by atoms with Gasteiger partial charge in [-0.2, -0.15) is 4.31 Å². The van der Waals surface area contributed by atoms with E-state index in [0.29, 0.717) is 43.6 Å². The fourth-order valence-electron chi connectivity index (χ4n) is 4.80. The number of piperidine rings is 1. The maximum atomic E-state index is 13.5. The predicted molar refractivity (Wildman–Crippen MR) is 120 cm³/mol. The van der Waals surface area contributed by atoms with Crippen LogP contribution in [0.2, 0.25) is 0 Å². The summed E-state index contributed by atoms with van der Waals surface area (Å²) in [6, 6.07) is 12.9. The molecular formula is C24H30N2O4S. The van der Waals surface area contributed by atoms with Gasteiger partial charge in [0.25, 0.3) is 5.91 Å². The largest absolute Gasteiger partial charge is 0.495 e. The number of ether oxygens (including phenoxy) is 1. The highest BCUT2D eigenvalue weighted by atomic mass is 32.2. The van der Waals surface area contributed by atoms with Crippen LogP contribution in [-0.4, -0.2) is 50.3 Å². The third kappa shape index (κ3) is 4.34. The smallest absolute Gasteiger partial charge is 0.254 e. The zero-order valence-electron chi connectivity index (χ0n) is 18.4. The van der Waals surface area contributed by atoms with Crippen molar-refractivity contribution in [3.8, 4) is 5.75 Å². The SMILES string of the molecule is COc1ccc(C(=O)N2CCc3ccccc3C2)cc1S(=O)(=O)N1C[C@@H](C)C[C@H](C)C1. The lowest BCUT2D eigenvalue weighted by atomic mass is 9.94. The number of benzene rings is 2. The molecule has 2 aromatic carbocycles. The fourth-order valence-corrected chi connectivity index (χ4v) is 6.67. The molecule has 166 valence electrons. The van der Waals surface area contributed by atoms with Gasteiger partial charge < -0.3 is 9.64 Å². The lowest BCUT2D eigenvalue weighted by molar-refractivity contribution is 0.0734. The number of rotatable bonds is 4. The van der Waals surface area contributed by atoms with Gasteiger partial charge in [-0.05, 0) is 54.0 Å². The van der Waals surface area contributed by atoms with Crippen molar-refractivity contribution in [1.82, 2.24) is 9.21 Å². The minimum Gasteiger partial charge on any atom is -0.495 e. The van der Waals surface area contributed by atoms with Crippen molar-refractivity contribution >= 4 is 15.9 Å². The maximum Gasteiger partial charge on any atom is 0.254 e.